The number of fused-ring (bicyclic) bond motifs is 1. The van der Waals surface area contributed by atoms with Crippen LogP contribution in [0.4, 0.5) is 0 Å². The topological polar surface area (TPSA) is 87.6 Å². The second kappa shape index (κ2) is 8.17. The van der Waals surface area contributed by atoms with Gasteiger partial charge in [0.2, 0.25) is 12.5 Å². The van der Waals surface area contributed by atoms with E-state index in [9.17, 15) is 4.79 Å². The first-order chi connectivity index (χ1) is 13.1. The Labute approximate surface area is 164 Å². The number of hydrogen-bond donors (Lipinski definition) is 1. The van der Waals surface area contributed by atoms with Crippen molar-refractivity contribution in [3.8, 4) is 28.7 Å². The molecule has 0 aromatic heterocycles. The Morgan fingerprint density at radius 2 is 1.70 bits per heavy atom. The molecule has 2 aromatic rings. The normalized spacial score (nSPS) is 12.1. The van der Waals surface area contributed by atoms with Crippen molar-refractivity contribution in [1.29, 1.82) is 0 Å². The molecule has 27 heavy (non-hydrogen) atoms. The number of nitrogens with zero attached hydrogens (tertiary/aromatic N) is 1. The molecular weight excluding hydrogens is 420 g/mol. The van der Waals surface area contributed by atoms with E-state index in [4.69, 9.17) is 23.7 Å². The Balaban J connectivity index is 1.77. The van der Waals surface area contributed by atoms with Gasteiger partial charge in [0.1, 0.15) is 0 Å². The number of ether oxygens (including phenoxy) is 5. The van der Waals surface area contributed by atoms with E-state index in [1.807, 2.05) is 0 Å². The van der Waals surface area contributed by atoms with Crippen LogP contribution in [0.2, 0.25) is 0 Å². The first kappa shape index (κ1) is 18.8. The quantitative estimate of drug-likeness (QED) is 0.553. The summed E-state index contributed by atoms with van der Waals surface area (Å²) in [5.41, 5.74) is 3.51. The van der Waals surface area contributed by atoms with Gasteiger partial charge in [0.15, 0.2) is 23.0 Å². The van der Waals surface area contributed by atoms with Gasteiger partial charge in [-0.05, 0) is 40.2 Å². The van der Waals surface area contributed by atoms with Crippen molar-refractivity contribution in [2.45, 2.75) is 0 Å². The molecule has 9 heteroatoms. The van der Waals surface area contributed by atoms with Crippen LogP contribution in [0.5, 0.6) is 28.7 Å². The number of methoxy groups -OCH3 is 3. The molecule has 0 spiro atoms. The van der Waals surface area contributed by atoms with Gasteiger partial charge >= 0.3 is 0 Å². The molecule has 3 rings (SSSR count). The van der Waals surface area contributed by atoms with Crippen molar-refractivity contribution < 1.29 is 28.5 Å². The highest BCUT2D eigenvalue weighted by molar-refractivity contribution is 9.10. The van der Waals surface area contributed by atoms with Gasteiger partial charge in [-0.1, -0.05) is 0 Å². The van der Waals surface area contributed by atoms with Gasteiger partial charge in [0.25, 0.3) is 5.91 Å². The number of halogens is 1. The standard InChI is InChI=1S/C18H17BrN2O6/c1-23-15-4-10(5-16(24-2)17(15)25-3)18(22)21-20-8-11-6-13-14(7-12(11)19)27-9-26-13/h4-8H,9H2,1-3H3,(H,21,22). The molecular formula is C18H17BrN2O6. The Kier molecular flexibility index (Phi) is 5.70. The fourth-order valence-corrected chi connectivity index (χ4v) is 2.89. The molecule has 1 N–H and O–H groups in total. The zero-order valence-electron chi connectivity index (χ0n) is 14.9. The molecule has 1 aliphatic heterocycles. The van der Waals surface area contributed by atoms with Gasteiger partial charge in [-0.15, -0.1) is 0 Å². The third-order valence-corrected chi connectivity index (χ3v) is 4.48. The van der Waals surface area contributed by atoms with Crippen LogP contribution in [0.15, 0.2) is 33.8 Å². The van der Waals surface area contributed by atoms with Crippen LogP contribution >= 0.6 is 15.9 Å². The average molecular weight is 437 g/mol. The van der Waals surface area contributed by atoms with Crippen molar-refractivity contribution in [3.05, 3.63) is 39.9 Å². The molecule has 0 fully saturated rings. The molecule has 0 unspecified atom stereocenters. The number of carbonyl (C=O) groups is 1. The van der Waals surface area contributed by atoms with Gasteiger partial charge in [0, 0.05) is 15.6 Å². The lowest BCUT2D eigenvalue weighted by Crippen LogP contribution is -2.18. The maximum atomic E-state index is 12.4. The molecule has 1 heterocycles. The van der Waals surface area contributed by atoms with E-state index in [2.05, 4.69) is 26.5 Å². The maximum Gasteiger partial charge on any atom is 0.271 e. The second-order valence-corrected chi connectivity index (χ2v) is 6.19. The summed E-state index contributed by atoms with van der Waals surface area (Å²) in [5, 5.41) is 3.99. The van der Waals surface area contributed by atoms with E-state index in [0.29, 0.717) is 34.3 Å². The van der Waals surface area contributed by atoms with E-state index >= 15 is 0 Å². The molecule has 0 saturated carbocycles. The molecule has 0 saturated heterocycles. The minimum Gasteiger partial charge on any atom is -0.493 e. The van der Waals surface area contributed by atoms with Crippen molar-refractivity contribution in [2.75, 3.05) is 28.1 Å². The number of nitrogens with one attached hydrogen (secondary N) is 1. The lowest BCUT2D eigenvalue weighted by Gasteiger charge is -2.13. The highest BCUT2D eigenvalue weighted by Crippen LogP contribution is 2.38. The molecule has 1 aliphatic rings. The largest absolute Gasteiger partial charge is 0.493 e. The zero-order chi connectivity index (χ0) is 19.4. The Hall–Kier alpha value is -2.94. The predicted molar refractivity (Wildman–Crippen MR) is 101 cm³/mol. The van der Waals surface area contributed by atoms with E-state index in [0.717, 1.165) is 10.0 Å². The Morgan fingerprint density at radius 3 is 2.30 bits per heavy atom. The molecule has 0 atom stereocenters. The number of benzene rings is 2. The molecule has 0 bridgehead atoms. The fraction of sp³-hybridized carbons (Fsp3) is 0.222. The van der Waals surface area contributed by atoms with E-state index in [1.165, 1.54) is 27.5 Å². The minimum absolute atomic E-state index is 0.181. The zero-order valence-corrected chi connectivity index (χ0v) is 16.5. The third-order valence-electron chi connectivity index (χ3n) is 3.79. The summed E-state index contributed by atoms with van der Waals surface area (Å²) in [4.78, 5) is 12.4. The van der Waals surface area contributed by atoms with Crippen LogP contribution in [0.25, 0.3) is 0 Å². The first-order valence-electron chi connectivity index (χ1n) is 7.80. The van der Waals surface area contributed by atoms with Crippen molar-refractivity contribution in [2.24, 2.45) is 5.10 Å². The van der Waals surface area contributed by atoms with Crippen LogP contribution < -0.4 is 29.1 Å². The molecule has 8 nitrogen and oxygen atoms in total. The molecule has 0 radical (unpaired) electrons. The second-order valence-electron chi connectivity index (χ2n) is 5.34. The SMILES string of the molecule is COc1cc(C(=O)NN=Cc2cc3c(cc2Br)OCO3)cc(OC)c1OC. The molecule has 2 aromatic carbocycles. The summed E-state index contributed by atoms with van der Waals surface area (Å²) < 4.78 is 27.1. The predicted octanol–water partition coefficient (Wildman–Crippen LogP) is 2.97. The van der Waals surface area contributed by atoms with Gasteiger partial charge in [-0.3, -0.25) is 4.79 Å². The van der Waals surface area contributed by atoms with E-state index in [1.54, 1.807) is 24.3 Å². The van der Waals surface area contributed by atoms with Gasteiger partial charge in [0.05, 0.1) is 27.5 Å². The van der Waals surface area contributed by atoms with Crippen molar-refractivity contribution in [1.82, 2.24) is 5.43 Å². The van der Waals surface area contributed by atoms with E-state index in [-0.39, 0.29) is 6.79 Å². The van der Waals surface area contributed by atoms with Crippen LogP contribution in [0.3, 0.4) is 0 Å². The fourth-order valence-electron chi connectivity index (χ4n) is 2.47. The van der Waals surface area contributed by atoms with Crippen molar-refractivity contribution >= 4 is 28.1 Å². The monoisotopic (exact) mass is 436 g/mol. The summed E-state index contributed by atoms with van der Waals surface area (Å²) in [6.45, 7) is 0.181. The molecule has 0 aliphatic carbocycles. The van der Waals surface area contributed by atoms with Gasteiger partial charge in [-0.25, -0.2) is 5.43 Å². The minimum atomic E-state index is -0.428. The summed E-state index contributed by atoms with van der Waals surface area (Å²) in [7, 11) is 4.45. The summed E-state index contributed by atoms with van der Waals surface area (Å²) in [6, 6.07) is 6.64. The summed E-state index contributed by atoms with van der Waals surface area (Å²) in [6.07, 6.45) is 1.50. The summed E-state index contributed by atoms with van der Waals surface area (Å²) >= 11 is 3.43. The highest BCUT2D eigenvalue weighted by atomic mass is 79.9. The van der Waals surface area contributed by atoms with E-state index < -0.39 is 5.91 Å². The van der Waals surface area contributed by atoms with Gasteiger partial charge in [-0.2, -0.15) is 5.10 Å². The van der Waals surface area contributed by atoms with Crippen molar-refractivity contribution in [3.63, 3.8) is 0 Å². The lowest BCUT2D eigenvalue weighted by molar-refractivity contribution is 0.0954. The number of amides is 1. The van der Waals surface area contributed by atoms with Crippen LogP contribution in [0.1, 0.15) is 15.9 Å². The third kappa shape index (κ3) is 3.92. The first-order valence-corrected chi connectivity index (χ1v) is 8.59. The number of hydrogen-bond acceptors (Lipinski definition) is 7. The number of rotatable bonds is 6. The number of carbonyl (C=O) groups excluding carboxylic acids is 1. The molecule has 142 valence electrons. The lowest BCUT2D eigenvalue weighted by atomic mass is 10.1. The Bertz CT molecular complexity index is 875. The summed E-state index contributed by atoms with van der Waals surface area (Å²) in [5.74, 6) is 2.01. The maximum absolute atomic E-state index is 12.4. The van der Waals surface area contributed by atoms with Crippen LogP contribution in [0, 0.1) is 0 Å². The smallest absolute Gasteiger partial charge is 0.271 e. The van der Waals surface area contributed by atoms with Gasteiger partial charge < -0.3 is 23.7 Å². The van der Waals surface area contributed by atoms with Crippen LogP contribution in [-0.2, 0) is 0 Å². The highest BCUT2D eigenvalue weighted by Gasteiger charge is 2.17. The average Bonchev–Trinajstić information content (AvgIpc) is 3.13. The molecule has 1 amide bonds. The number of hydrazone groups is 1. The Morgan fingerprint density at radius 1 is 1.07 bits per heavy atom. The van der Waals surface area contributed by atoms with Crippen LogP contribution in [-0.4, -0.2) is 40.2 Å².